The maximum Gasteiger partial charge on any atom is 0.418 e. The minimum Gasteiger partial charge on any atom is -0.212 e. The van der Waals surface area contributed by atoms with Gasteiger partial charge in [0.05, 0.1) is 11.3 Å². The Morgan fingerprint density at radius 2 is 1.92 bits per heavy atom. The maximum atomic E-state index is 13.7. The van der Waals surface area contributed by atoms with Crippen molar-refractivity contribution in [2.75, 3.05) is 0 Å². The second-order valence-corrected chi connectivity index (χ2v) is 6.82. The van der Waals surface area contributed by atoms with Crippen LogP contribution in [-0.4, -0.2) is 14.6 Å². The molecule has 26 heavy (non-hydrogen) atoms. The number of aryl methyl sites for hydroxylation is 1. The molecule has 1 fully saturated rings. The zero-order chi connectivity index (χ0) is 18.6. The zero-order valence-corrected chi connectivity index (χ0v) is 14.6. The lowest BCUT2D eigenvalue weighted by atomic mass is 9.96. The predicted molar refractivity (Wildman–Crippen MR) is 95.0 cm³/mol. The molecule has 0 unspecified atom stereocenters. The van der Waals surface area contributed by atoms with Crippen LogP contribution < -0.4 is 0 Å². The second-order valence-electron chi connectivity index (χ2n) is 6.82. The van der Waals surface area contributed by atoms with Crippen LogP contribution in [0.2, 0.25) is 0 Å². The lowest BCUT2D eigenvalue weighted by Crippen LogP contribution is -2.11. The number of nitrogens with zero attached hydrogens (tertiary/aromatic N) is 3. The number of alkyl halides is 3. The lowest BCUT2D eigenvalue weighted by Gasteiger charge is -2.16. The van der Waals surface area contributed by atoms with Crippen LogP contribution >= 0.6 is 0 Å². The van der Waals surface area contributed by atoms with Crippen molar-refractivity contribution in [2.45, 2.75) is 38.8 Å². The van der Waals surface area contributed by atoms with E-state index in [9.17, 15) is 13.2 Å². The van der Waals surface area contributed by atoms with Crippen LogP contribution in [0.4, 0.5) is 13.2 Å². The summed E-state index contributed by atoms with van der Waals surface area (Å²) >= 11 is 0. The molecule has 0 spiro atoms. The summed E-state index contributed by atoms with van der Waals surface area (Å²) in [5, 5.41) is 4.41. The quantitative estimate of drug-likeness (QED) is 0.615. The molecule has 0 atom stereocenters. The number of benzene rings is 1. The second kappa shape index (κ2) is 5.69. The highest BCUT2D eigenvalue weighted by Crippen LogP contribution is 2.41. The number of fused-ring (bicyclic) bond motifs is 1. The first-order valence-electron chi connectivity index (χ1n) is 8.50. The number of hydrogen-bond acceptors (Lipinski definition) is 2. The van der Waals surface area contributed by atoms with Crippen molar-refractivity contribution < 1.29 is 13.2 Å². The molecular weight excluding hydrogens is 339 g/mol. The van der Waals surface area contributed by atoms with Crippen molar-refractivity contribution in [3.63, 3.8) is 0 Å². The Bertz CT molecular complexity index is 1030. The van der Waals surface area contributed by atoms with Gasteiger partial charge in [0, 0.05) is 11.5 Å². The Labute approximate surface area is 149 Å². The van der Waals surface area contributed by atoms with Gasteiger partial charge in [0.1, 0.15) is 0 Å². The van der Waals surface area contributed by atoms with Gasteiger partial charge in [0.2, 0.25) is 0 Å². The smallest absolute Gasteiger partial charge is 0.212 e. The molecule has 134 valence electrons. The summed E-state index contributed by atoms with van der Waals surface area (Å²) in [6.45, 7) is 7.60. The van der Waals surface area contributed by atoms with Gasteiger partial charge in [-0.2, -0.15) is 18.3 Å². The maximum absolute atomic E-state index is 13.7. The van der Waals surface area contributed by atoms with E-state index in [1.807, 2.05) is 13.8 Å². The highest BCUT2D eigenvalue weighted by Gasteiger charge is 2.36. The van der Waals surface area contributed by atoms with Crippen molar-refractivity contribution in [1.82, 2.24) is 14.6 Å². The highest BCUT2D eigenvalue weighted by atomic mass is 19.4. The summed E-state index contributed by atoms with van der Waals surface area (Å²) in [5.41, 5.74) is 2.94. The Balaban J connectivity index is 2.05. The first kappa shape index (κ1) is 16.8. The fourth-order valence-electron chi connectivity index (χ4n) is 3.22. The molecule has 1 aliphatic rings. The summed E-state index contributed by atoms with van der Waals surface area (Å²) in [5.74, 6) is 0.888. The van der Waals surface area contributed by atoms with Gasteiger partial charge in [-0.05, 0) is 67.6 Å². The van der Waals surface area contributed by atoms with Crippen LogP contribution in [0.25, 0.3) is 23.0 Å². The summed E-state index contributed by atoms with van der Waals surface area (Å²) in [4.78, 5) is 4.43. The van der Waals surface area contributed by atoms with Gasteiger partial charge in [0.25, 0.3) is 0 Å². The average molecular weight is 357 g/mol. The molecule has 4 rings (SSSR count). The van der Waals surface area contributed by atoms with E-state index in [2.05, 4.69) is 16.7 Å². The van der Waals surface area contributed by atoms with E-state index in [4.69, 9.17) is 0 Å². The van der Waals surface area contributed by atoms with Gasteiger partial charge < -0.3 is 0 Å². The average Bonchev–Trinajstić information content (AvgIpc) is 3.34. The topological polar surface area (TPSA) is 30.2 Å². The summed E-state index contributed by atoms with van der Waals surface area (Å²) in [6.07, 6.45) is -0.844. The zero-order valence-electron chi connectivity index (χ0n) is 14.6. The van der Waals surface area contributed by atoms with Crippen molar-refractivity contribution in [2.24, 2.45) is 0 Å². The van der Waals surface area contributed by atoms with Crippen molar-refractivity contribution in [3.05, 3.63) is 58.9 Å². The molecule has 2 heterocycles. The van der Waals surface area contributed by atoms with Crippen LogP contribution in [0.3, 0.4) is 0 Å². The molecule has 0 amide bonds. The van der Waals surface area contributed by atoms with E-state index < -0.39 is 11.7 Å². The van der Waals surface area contributed by atoms with Gasteiger partial charge in [-0.1, -0.05) is 12.7 Å². The lowest BCUT2D eigenvalue weighted by molar-refractivity contribution is -0.137. The normalized spacial score (nSPS) is 14.8. The summed E-state index contributed by atoms with van der Waals surface area (Å²) < 4.78 is 42.5. The molecule has 3 nitrogen and oxygen atoms in total. The minimum atomic E-state index is -4.48. The molecule has 3 aromatic rings. The number of rotatable bonds is 3. The fraction of sp³-hybridized carbons (Fsp3) is 0.300. The number of aromatic nitrogens is 3. The molecule has 2 aromatic heterocycles. The molecule has 0 radical (unpaired) electrons. The van der Waals surface area contributed by atoms with Crippen molar-refractivity contribution in [3.8, 4) is 11.3 Å². The van der Waals surface area contributed by atoms with Gasteiger partial charge in [0.15, 0.2) is 11.5 Å². The van der Waals surface area contributed by atoms with E-state index in [0.717, 1.165) is 35.6 Å². The van der Waals surface area contributed by atoms with Gasteiger partial charge in [-0.3, -0.25) is 0 Å². The third-order valence-electron chi connectivity index (χ3n) is 4.96. The third-order valence-corrected chi connectivity index (χ3v) is 4.96. The van der Waals surface area contributed by atoms with E-state index in [1.54, 1.807) is 18.2 Å². The molecule has 1 aromatic carbocycles. The molecule has 0 saturated heterocycles. The Kier molecular flexibility index (Phi) is 3.68. The Morgan fingerprint density at radius 3 is 2.54 bits per heavy atom. The number of hydrogen-bond donors (Lipinski definition) is 0. The van der Waals surface area contributed by atoms with Crippen molar-refractivity contribution >= 4 is 11.7 Å². The fourth-order valence-corrected chi connectivity index (χ4v) is 3.22. The van der Waals surface area contributed by atoms with Gasteiger partial charge in [-0.15, -0.1) is 0 Å². The minimum absolute atomic E-state index is 0.0283. The Hall–Kier alpha value is -2.63. The number of halogens is 3. The molecular formula is C20H18F3N3. The molecule has 0 N–H and O–H groups in total. The first-order chi connectivity index (χ1) is 12.3. The summed E-state index contributed by atoms with van der Waals surface area (Å²) in [7, 11) is 0. The Morgan fingerprint density at radius 1 is 1.19 bits per heavy atom. The van der Waals surface area contributed by atoms with Crippen LogP contribution in [0.5, 0.6) is 0 Å². The van der Waals surface area contributed by atoms with Crippen LogP contribution in [0.1, 0.15) is 46.8 Å². The van der Waals surface area contributed by atoms with E-state index >= 15 is 0 Å². The monoisotopic (exact) mass is 357 g/mol. The first-order valence-corrected chi connectivity index (χ1v) is 8.50. The molecule has 0 aliphatic heterocycles. The van der Waals surface area contributed by atoms with E-state index in [-0.39, 0.29) is 11.6 Å². The van der Waals surface area contributed by atoms with Crippen molar-refractivity contribution in [1.29, 1.82) is 0 Å². The third kappa shape index (κ3) is 2.69. The molecule has 6 heteroatoms. The standard InChI is InChI=1S/C20H18F3N3/c1-4-13-10-15(9-11(2)12(13)3)18-16(20(21,22)23)7-8-17-24-19(14-5-6-14)25-26(17)18/h4,7-10,14H,1,5-6H2,2-3H3. The highest BCUT2D eigenvalue weighted by molar-refractivity contribution is 5.72. The molecule has 1 saturated carbocycles. The molecule has 0 bridgehead atoms. The predicted octanol–water partition coefficient (Wildman–Crippen LogP) is 5.55. The molecule has 1 aliphatic carbocycles. The van der Waals surface area contributed by atoms with E-state index in [1.165, 1.54) is 10.6 Å². The van der Waals surface area contributed by atoms with Gasteiger partial charge in [-0.25, -0.2) is 9.50 Å². The van der Waals surface area contributed by atoms with Gasteiger partial charge >= 0.3 is 6.18 Å². The van der Waals surface area contributed by atoms with Crippen LogP contribution in [-0.2, 0) is 6.18 Å². The van der Waals surface area contributed by atoms with Crippen LogP contribution in [0.15, 0.2) is 30.8 Å². The SMILES string of the molecule is C=Cc1cc(-c2c(C(F)(F)F)ccc3nc(C4CC4)nn23)cc(C)c1C. The van der Waals surface area contributed by atoms with E-state index in [0.29, 0.717) is 17.0 Å². The van der Waals surface area contributed by atoms with Crippen LogP contribution in [0, 0.1) is 13.8 Å². The number of pyridine rings is 1. The largest absolute Gasteiger partial charge is 0.418 e. The summed E-state index contributed by atoms with van der Waals surface area (Å²) in [6, 6.07) is 5.99.